The molecular weight excluding hydrogens is 270 g/mol. The van der Waals surface area contributed by atoms with Gasteiger partial charge in [0.25, 0.3) is 5.91 Å². The van der Waals surface area contributed by atoms with E-state index in [-0.39, 0.29) is 11.7 Å². The second kappa shape index (κ2) is 6.17. The second-order valence-electron chi connectivity index (χ2n) is 4.62. The smallest absolute Gasteiger partial charge is 0.295 e. The molecule has 2 aromatic rings. The summed E-state index contributed by atoms with van der Waals surface area (Å²) in [7, 11) is 0. The highest BCUT2D eigenvalue weighted by Crippen LogP contribution is 2.20. The molecule has 21 heavy (non-hydrogen) atoms. The quantitative estimate of drug-likeness (QED) is 0.799. The number of anilines is 2. The predicted octanol–water partition coefficient (Wildman–Crippen LogP) is 1.89. The van der Waals surface area contributed by atoms with Gasteiger partial charge < -0.3 is 10.6 Å². The highest BCUT2D eigenvalue weighted by Gasteiger charge is 2.13. The third kappa shape index (κ3) is 3.65. The first-order valence-corrected chi connectivity index (χ1v) is 6.60. The summed E-state index contributed by atoms with van der Waals surface area (Å²) in [4.78, 5) is 27.2. The van der Waals surface area contributed by atoms with Crippen molar-refractivity contribution in [3.05, 3.63) is 35.4 Å². The number of hydrogen-bond acceptors (Lipinski definition) is 4. The van der Waals surface area contributed by atoms with Crippen LogP contribution in [0.5, 0.6) is 0 Å². The molecule has 0 spiro atoms. The number of aromatic nitrogens is 3. The van der Waals surface area contributed by atoms with Gasteiger partial charge in [0, 0.05) is 24.7 Å². The minimum atomic E-state index is -0.394. The monoisotopic (exact) mass is 287 g/mol. The average Bonchev–Trinajstić information content (AvgIpc) is 2.91. The normalized spacial score (nSPS) is 10.2. The minimum absolute atomic E-state index is 0.0937. The minimum Gasteiger partial charge on any atom is -0.326 e. The number of H-pyrrole nitrogens is 1. The SMILES string of the molecule is CCc1nc(C(=O)Nc2cc(NC(C)=O)ccc2C)n[nH]1. The molecule has 7 heteroatoms. The van der Waals surface area contributed by atoms with Crippen LogP contribution in [0.25, 0.3) is 0 Å². The predicted molar refractivity (Wildman–Crippen MR) is 79.2 cm³/mol. The van der Waals surface area contributed by atoms with Crippen molar-refractivity contribution in [3.63, 3.8) is 0 Å². The molecule has 0 unspecified atom stereocenters. The van der Waals surface area contributed by atoms with Gasteiger partial charge in [-0.15, -0.1) is 5.10 Å². The summed E-state index contributed by atoms with van der Waals surface area (Å²) in [5.74, 6) is 0.187. The van der Waals surface area contributed by atoms with Crippen LogP contribution < -0.4 is 10.6 Å². The Morgan fingerprint density at radius 2 is 2.05 bits per heavy atom. The van der Waals surface area contributed by atoms with E-state index in [2.05, 4.69) is 25.8 Å². The molecule has 1 heterocycles. The number of carbonyl (C=O) groups excluding carboxylic acids is 2. The van der Waals surface area contributed by atoms with Gasteiger partial charge in [-0.2, -0.15) is 0 Å². The molecule has 0 saturated heterocycles. The fraction of sp³-hybridized carbons (Fsp3) is 0.286. The zero-order chi connectivity index (χ0) is 15.4. The third-order valence-corrected chi connectivity index (χ3v) is 2.88. The van der Waals surface area contributed by atoms with Gasteiger partial charge in [-0.1, -0.05) is 13.0 Å². The fourth-order valence-corrected chi connectivity index (χ4v) is 1.77. The van der Waals surface area contributed by atoms with Gasteiger partial charge in [-0.3, -0.25) is 14.7 Å². The summed E-state index contributed by atoms with van der Waals surface area (Å²) in [6, 6.07) is 5.28. The van der Waals surface area contributed by atoms with E-state index >= 15 is 0 Å². The van der Waals surface area contributed by atoms with Crippen molar-refractivity contribution in [2.24, 2.45) is 0 Å². The van der Waals surface area contributed by atoms with Crippen LogP contribution in [0.2, 0.25) is 0 Å². The molecule has 0 bridgehead atoms. The van der Waals surface area contributed by atoms with Crippen molar-refractivity contribution < 1.29 is 9.59 Å². The zero-order valence-corrected chi connectivity index (χ0v) is 12.2. The van der Waals surface area contributed by atoms with Gasteiger partial charge in [-0.25, -0.2) is 4.98 Å². The fourth-order valence-electron chi connectivity index (χ4n) is 1.77. The number of carbonyl (C=O) groups is 2. The Kier molecular flexibility index (Phi) is 4.32. The number of benzene rings is 1. The van der Waals surface area contributed by atoms with E-state index in [1.807, 2.05) is 19.9 Å². The Morgan fingerprint density at radius 1 is 1.29 bits per heavy atom. The van der Waals surface area contributed by atoms with Gasteiger partial charge in [0.1, 0.15) is 5.82 Å². The third-order valence-electron chi connectivity index (χ3n) is 2.88. The number of aryl methyl sites for hydroxylation is 2. The first kappa shape index (κ1) is 14.7. The highest BCUT2D eigenvalue weighted by atomic mass is 16.2. The molecule has 0 saturated carbocycles. The van der Waals surface area contributed by atoms with E-state index in [0.29, 0.717) is 23.6 Å². The van der Waals surface area contributed by atoms with E-state index in [4.69, 9.17) is 0 Å². The molecule has 1 aromatic carbocycles. The van der Waals surface area contributed by atoms with Crippen LogP contribution in [-0.4, -0.2) is 27.0 Å². The molecule has 1 aromatic heterocycles. The molecule has 0 aliphatic rings. The highest BCUT2D eigenvalue weighted by molar-refractivity contribution is 6.02. The van der Waals surface area contributed by atoms with Gasteiger partial charge in [0.2, 0.25) is 11.7 Å². The maximum atomic E-state index is 12.1. The van der Waals surface area contributed by atoms with Gasteiger partial charge in [-0.05, 0) is 24.6 Å². The summed E-state index contributed by atoms with van der Waals surface area (Å²) in [5.41, 5.74) is 2.10. The molecule has 0 aliphatic carbocycles. The number of aromatic amines is 1. The van der Waals surface area contributed by atoms with Crippen LogP contribution in [-0.2, 0) is 11.2 Å². The lowest BCUT2D eigenvalue weighted by molar-refractivity contribution is -0.114. The van der Waals surface area contributed by atoms with E-state index in [1.54, 1.807) is 12.1 Å². The molecule has 0 aliphatic heterocycles. The molecule has 3 N–H and O–H groups in total. The Bertz CT molecular complexity index is 678. The lowest BCUT2D eigenvalue weighted by atomic mass is 10.1. The summed E-state index contributed by atoms with van der Waals surface area (Å²) in [5, 5.41) is 12.0. The molecule has 110 valence electrons. The number of nitrogens with one attached hydrogen (secondary N) is 3. The largest absolute Gasteiger partial charge is 0.326 e. The maximum absolute atomic E-state index is 12.1. The van der Waals surface area contributed by atoms with Crippen molar-refractivity contribution >= 4 is 23.2 Å². The van der Waals surface area contributed by atoms with Crippen molar-refractivity contribution in [2.75, 3.05) is 10.6 Å². The number of hydrogen-bond donors (Lipinski definition) is 3. The summed E-state index contributed by atoms with van der Waals surface area (Å²) in [6.45, 7) is 5.21. The van der Waals surface area contributed by atoms with E-state index in [0.717, 1.165) is 5.56 Å². The van der Waals surface area contributed by atoms with Crippen molar-refractivity contribution in [1.82, 2.24) is 15.2 Å². The van der Waals surface area contributed by atoms with Crippen molar-refractivity contribution in [1.29, 1.82) is 0 Å². The number of amides is 2. The van der Waals surface area contributed by atoms with Gasteiger partial charge in [0.15, 0.2) is 0 Å². The van der Waals surface area contributed by atoms with Crippen LogP contribution in [0, 0.1) is 6.92 Å². The Balaban J connectivity index is 2.17. The Hall–Kier alpha value is -2.70. The zero-order valence-electron chi connectivity index (χ0n) is 12.2. The lowest BCUT2D eigenvalue weighted by Gasteiger charge is -2.09. The van der Waals surface area contributed by atoms with Crippen LogP contribution >= 0.6 is 0 Å². The first-order chi connectivity index (χ1) is 9.99. The van der Waals surface area contributed by atoms with Gasteiger partial charge in [0.05, 0.1) is 0 Å². The first-order valence-electron chi connectivity index (χ1n) is 6.60. The second-order valence-corrected chi connectivity index (χ2v) is 4.62. The summed E-state index contributed by atoms with van der Waals surface area (Å²) >= 11 is 0. The lowest BCUT2D eigenvalue weighted by Crippen LogP contribution is -2.15. The Morgan fingerprint density at radius 3 is 2.67 bits per heavy atom. The van der Waals surface area contributed by atoms with E-state index < -0.39 is 5.91 Å². The molecule has 7 nitrogen and oxygen atoms in total. The topological polar surface area (TPSA) is 99.8 Å². The number of nitrogens with zero attached hydrogens (tertiary/aromatic N) is 2. The average molecular weight is 287 g/mol. The van der Waals surface area contributed by atoms with Crippen LogP contribution in [0.1, 0.15) is 35.9 Å². The van der Waals surface area contributed by atoms with Crippen molar-refractivity contribution in [2.45, 2.75) is 27.2 Å². The molecule has 2 amide bonds. The van der Waals surface area contributed by atoms with Crippen LogP contribution in [0.3, 0.4) is 0 Å². The summed E-state index contributed by atoms with van der Waals surface area (Å²) in [6.07, 6.45) is 0.678. The summed E-state index contributed by atoms with van der Waals surface area (Å²) < 4.78 is 0. The van der Waals surface area contributed by atoms with Gasteiger partial charge >= 0.3 is 0 Å². The van der Waals surface area contributed by atoms with Crippen molar-refractivity contribution in [3.8, 4) is 0 Å². The standard InChI is InChI=1S/C14H17N5O2/c1-4-12-17-13(19-18-12)14(21)16-11-7-10(15-9(3)20)6-5-8(11)2/h5-7H,4H2,1-3H3,(H,15,20)(H,16,21)(H,17,18,19). The maximum Gasteiger partial charge on any atom is 0.295 e. The molecular formula is C14H17N5O2. The number of rotatable bonds is 4. The van der Waals surface area contributed by atoms with E-state index in [9.17, 15) is 9.59 Å². The molecule has 2 rings (SSSR count). The molecule has 0 radical (unpaired) electrons. The van der Waals surface area contributed by atoms with Crippen LogP contribution in [0.4, 0.5) is 11.4 Å². The van der Waals surface area contributed by atoms with E-state index in [1.165, 1.54) is 6.92 Å². The molecule has 0 fully saturated rings. The van der Waals surface area contributed by atoms with Crippen LogP contribution in [0.15, 0.2) is 18.2 Å². The molecule has 0 atom stereocenters. The Labute approximate surface area is 122 Å².